The third kappa shape index (κ3) is 4.76. The number of ether oxygens (including phenoxy) is 2. The summed E-state index contributed by atoms with van der Waals surface area (Å²) in [5, 5.41) is 9.93. The minimum absolute atomic E-state index is 0.321. The van der Waals surface area contributed by atoms with E-state index in [1.54, 1.807) is 20.4 Å². The van der Waals surface area contributed by atoms with Crippen LogP contribution in [-0.2, 0) is 0 Å². The number of amides is 2. The molecule has 0 saturated heterocycles. The van der Waals surface area contributed by atoms with E-state index in [2.05, 4.69) is 36.9 Å². The maximum absolute atomic E-state index is 12.3. The summed E-state index contributed by atoms with van der Waals surface area (Å²) in [5.41, 5.74) is 3.90. The van der Waals surface area contributed by atoms with Crippen LogP contribution in [-0.4, -0.2) is 25.2 Å². The quantitative estimate of drug-likeness (QED) is 0.289. The number of hydrogen-bond donors (Lipinski definition) is 3. The van der Waals surface area contributed by atoms with Gasteiger partial charge in [0.2, 0.25) is 0 Å². The first-order chi connectivity index (χ1) is 15.6. The summed E-state index contributed by atoms with van der Waals surface area (Å²) in [6.45, 7) is 0. The van der Waals surface area contributed by atoms with E-state index in [0.29, 0.717) is 22.9 Å². The highest BCUT2D eigenvalue weighted by Gasteiger charge is 2.10. The Balaban J connectivity index is 1.48. The van der Waals surface area contributed by atoms with E-state index in [1.807, 2.05) is 66.7 Å². The fourth-order valence-corrected chi connectivity index (χ4v) is 3.61. The molecule has 162 valence electrons. The molecule has 0 aliphatic rings. The summed E-state index contributed by atoms with van der Waals surface area (Å²) < 4.78 is 11.6. The first-order valence-electron chi connectivity index (χ1n) is 9.78. The second-order valence-electron chi connectivity index (χ2n) is 6.84. The number of fused-ring (bicyclic) bond motifs is 1. The van der Waals surface area contributed by atoms with Crippen molar-refractivity contribution < 1.29 is 14.3 Å². The van der Waals surface area contributed by atoms with Crippen LogP contribution in [0.5, 0.6) is 11.5 Å². The number of urea groups is 1. The Kier molecular flexibility index (Phi) is 6.42. The highest BCUT2D eigenvalue weighted by atomic mass is 79.9. The summed E-state index contributed by atoms with van der Waals surface area (Å²) in [6.07, 6.45) is 1.73. The zero-order valence-corrected chi connectivity index (χ0v) is 19.1. The van der Waals surface area contributed by atoms with E-state index >= 15 is 0 Å². The van der Waals surface area contributed by atoms with Gasteiger partial charge in [0.05, 0.1) is 25.4 Å². The molecule has 8 heteroatoms. The van der Waals surface area contributed by atoms with Crippen LogP contribution >= 0.6 is 15.9 Å². The van der Waals surface area contributed by atoms with Gasteiger partial charge in [-0.05, 0) is 64.5 Å². The van der Waals surface area contributed by atoms with Gasteiger partial charge in [0.15, 0.2) is 11.5 Å². The lowest BCUT2D eigenvalue weighted by atomic mass is 10.1. The van der Waals surface area contributed by atoms with Crippen molar-refractivity contribution in [3.8, 4) is 11.5 Å². The lowest BCUT2D eigenvalue weighted by molar-refractivity contribution is 0.262. The average molecular weight is 493 g/mol. The molecule has 3 aromatic carbocycles. The Morgan fingerprint density at radius 1 is 0.844 bits per heavy atom. The number of hydrogen-bond acceptors (Lipinski definition) is 5. The summed E-state index contributed by atoms with van der Waals surface area (Å²) in [7, 11) is 3.20. The van der Waals surface area contributed by atoms with E-state index in [9.17, 15) is 4.79 Å². The fourth-order valence-electron chi connectivity index (χ4n) is 3.22. The molecule has 4 aromatic rings. The van der Waals surface area contributed by atoms with Crippen LogP contribution in [0.15, 0.2) is 77.4 Å². The number of methoxy groups -OCH3 is 2. The molecule has 0 spiro atoms. The summed E-state index contributed by atoms with van der Waals surface area (Å²) in [4.78, 5) is 16.7. The maximum atomic E-state index is 12.3. The van der Waals surface area contributed by atoms with Crippen LogP contribution in [0.4, 0.5) is 27.5 Å². The van der Waals surface area contributed by atoms with Gasteiger partial charge in [-0.15, -0.1) is 0 Å². The monoisotopic (exact) mass is 492 g/mol. The Hall–Kier alpha value is -3.78. The number of pyridine rings is 1. The standard InChI is InChI=1S/C24H21BrN4O3/c1-31-22-13-17-19(11-12-26-21(17)14-23(22)32-2)27-15-7-9-16(10-8-15)28-24(30)29-20-6-4-3-5-18(20)25/h3-14H,1-2H3,(H,26,27)(H2,28,29,30). The number of halogens is 1. The molecule has 0 bridgehead atoms. The molecule has 2 amide bonds. The zero-order valence-electron chi connectivity index (χ0n) is 17.5. The first-order valence-corrected chi connectivity index (χ1v) is 10.6. The lowest BCUT2D eigenvalue weighted by Crippen LogP contribution is -2.19. The minimum atomic E-state index is -0.321. The Morgan fingerprint density at radius 3 is 2.25 bits per heavy atom. The molecule has 4 rings (SSSR count). The van der Waals surface area contributed by atoms with Crippen molar-refractivity contribution in [2.75, 3.05) is 30.2 Å². The summed E-state index contributed by atoms with van der Waals surface area (Å²) in [6, 6.07) is 20.2. The molecule has 0 saturated carbocycles. The molecule has 1 aromatic heterocycles. The second kappa shape index (κ2) is 9.57. The van der Waals surface area contributed by atoms with Gasteiger partial charge in [-0.3, -0.25) is 4.98 Å². The molecular formula is C24H21BrN4O3. The molecule has 3 N–H and O–H groups in total. The maximum Gasteiger partial charge on any atom is 0.323 e. The van der Waals surface area contributed by atoms with Gasteiger partial charge in [-0.1, -0.05) is 12.1 Å². The number of carbonyl (C=O) groups excluding carboxylic acids is 1. The second-order valence-corrected chi connectivity index (χ2v) is 7.70. The van der Waals surface area contributed by atoms with Crippen molar-refractivity contribution in [2.45, 2.75) is 0 Å². The van der Waals surface area contributed by atoms with Gasteiger partial charge in [0.1, 0.15) is 0 Å². The van der Waals surface area contributed by atoms with Crippen molar-refractivity contribution in [3.05, 3.63) is 77.4 Å². The van der Waals surface area contributed by atoms with Gasteiger partial charge in [0.25, 0.3) is 0 Å². The highest BCUT2D eigenvalue weighted by Crippen LogP contribution is 2.35. The van der Waals surface area contributed by atoms with E-state index in [0.717, 1.165) is 26.8 Å². The van der Waals surface area contributed by atoms with Crippen LogP contribution in [0, 0.1) is 0 Å². The molecule has 1 heterocycles. The van der Waals surface area contributed by atoms with Gasteiger partial charge in [-0.2, -0.15) is 0 Å². The smallest absolute Gasteiger partial charge is 0.323 e. The Bertz CT molecular complexity index is 1260. The molecule has 7 nitrogen and oxygen atoms in total. The predicted molar refractivity (Wildman–Crippen MR) is 131 cm³/mol. The van der Waals surface area contributed by atoms with Crippen molar-refractivity contribution in [1.82, 2.24) is 4.98 Å². The van der Waals surface area contributed by atoms with E-state index in [4.69, 9.17) is 9.47 Å². The highest BCUT2D eigenvalue weighted by molar-refractivity contribution is 9.10. The predicted octanol–water partition coefficient (Wildman–Crippen LogP) is 6.40. The summed E-state index contributed by atoms with van der Waals surface area (Å²) in [5.74, 6) is 1.26. The first kappa shape index (κ1) is 21.5. The van der Waals surface area contributed by atoms with Crippen LogP contribution in [0.3, 0.4) is 0 Å². The van der Waals surface area contributed by atoms with Crippen molar-refractivity contribution in [1.29, 1.82) is 0 Å². The van der Waals surface area contributed by atoms with Crippen LogP contribution in [0.25, 0.3) is 10.9 Å². The number of carbonyl (C=O) groups is 1. The Labute approximate surface area is 193 Å². The molecule has 0 atom stereocenters. The van der Waals surface area contributed by atoms with Crippen LogP contribution < -0.4 is 25.4 Å². The van der Waals surface area contributed by atoms with Gasteiger partial charge in [-0.25, -0.2) is 4.79 Å². The molecule has 0 unspecified atom stereocenters. The van der Waals surface area contributed by atoms with Crippen molar-refractivity contribution in [3.63, 3.8) is 0 Å². The normalized spacial score (nSPS) is 10.5. The number of aromatic nitrogens is 1. The summed E-state index contributed by atoms with van der Waals surface area (Å²) >= 11 is 3.42. The third-order valence-electron chi connectivity index (χ3n) is 4.79. The number of anilines is 4. The Morgan fingerprint density at radius 2 is 1.53 bits per heavy atom. The molecule has 0 aliphatic heterocycles. The van der Waals surface area contributed by atoms with Crippen molar-refractivity contribution >= 4 is 55.6 Å². The van der Waals surface area contributed by atoms with Crippen LogP contribution in [0.2, 0.25) is 0 Å². The molecular weight excluding hydrogens is 472 g/mol. The van der Waals surface area contributed by atoms with Gasteiger partial charge < -0.3 is 25.4 Å². The lowest BCUT2D eigenvalue weighted by Gasteiger charge is -2.13. The number of para-hydroxylation sites is 1. The topological polar surface area (TPSA) is 84.5 Å². The average Bonchev–Trinajstić information content (AvgIpc) is 2.81. The minimum Gasteiger partial charge on any atom is -0.493 e. The SMILES string of the molecule is COc1cc2nccc(Nc3ccc(NC(=O)Nc4ccccc4Br)cc3)c2cc1OC. The van der Waals surface area contributed by atoms with Gasteiger partial charge >= 0.3 is 6.03 Å². The van der Waals surface area contributed by atoms with E-state index < -0.39 is 0 Å². The van der Waals surface area contributed by atoms with E-state index in [1.165, 1.54) is 0 Å². The number of nitrogens with one attached hydrogen (secondary N) is 3. The number of rotatable bonds is 6. The molecule has 0 fully saturated rings. The molecule has 0 aliphatic carbocycles. The zero-order chi connectivity index (χ0) is 22.5. The molecule has 32 heavy (non-hydrogen) atoms. The van der Waals surface area contributed by atoms with E-state index in [-0.39, 0.29) is 6.03 Å². The van der Waals surface area contributed by atoms with Gasteiger partial charge in [0, 0.05) is 39.2 Å². The number of benzene rings is 3. The third-order valence-corrected chi connectivity index (χ3v) is 5.48. The largest absolute Gasteiger partial charge is 0.493 e. The van der Waals surface area contributed by atoms with Crippen molar-refractivity contribution in [2.24, 2.45) is 0 Å². The van der Waals surface area contributed by atoms with Crippen LogP contribution in [0.1, 0.15) is 0 Å². The molecule has 0 radical (unpaired) electrons. The fraction of sp³-hybridized carbons (Fsp3) is 0.0833. The number of nitrogens with zero attached hydrogens (tertiary/aromatic N) is 1.